The monoisotopic (exact) mass is 232 g/mol. The molecule has 2 rings (SSSR count). The van der Waals surface area contributed by atoms with E-state index >= 15 is 0 Å². The van der Waals surface area contributed by atoms with E-state index in [0.29, 0.717) is 5.92 Å². The van der Waals surface area contributed by atoms with E-state index < -0.39 is 0 Å². The summed E-state index contributed by atoms with van der Waals surface area (Å²) in [5, 5.41) is 0. The summed E-state index contributed by atoms with van der Waals surface area (Å²) in [4.78, 5) is 4.22. The van der Waals surface area contributed by atoms with Crippen molar-refractivity contribution in [3.05, 3.63) is 29.6 Å². The number of hydrogen-bond donors (Lipinski definition) is 1. The van der Waals surface area contributed by atoms with Crippen LogP contribution in [0.4, 0.5) is 0 Å². The van der Waals surface area contributed by atoms with Crippen LogP contribution < -0.4 is 5.73 Å². The average molecular weight is 232 g/mol. The standard InChI is InChI=1S/C15H24N2/c1-12-9-10-17-11-14(12)15(16)13-7-5-3-2-4-6-8-13/h9-11,13,15H,2-8,16H2,1H3. The van der Waals surface area contributed by atoms with E-state index in [1.54, 1.807) is 0 Å². The summed E-state index contributed by atoms with van der Waals surface area (Å²) in [5.74, 6) is 0.651. The molecule has 2 N–H and O–H groups in total. The highest BCUT2D eigenvalue weighted by Crippen LogP contribution is 2.32. The highest BCUT2D eigenvalue weighted by Gasteiger charge is 2.21. The fourth-order valence-corrected chi connectivity index (χ4v) is 2.93. The first-order valence-corrected chi connectivity index (χ1v) is 6.95. The SMILES string of the molecule is Cc1ccncc1C(N)C1CCCCCCC1. The molecule has 0 amide bonds. The van der Waals surface area contributed by atoms with E-state index in [9.17, 15) is 0 Å². The molecule has 1 aliphatic carbocycles. The van der Waals surface area contributed by atoms with E-state index in [-0.39, 0.29) is 6.04 Å². The quantitative estimate of drug-likeness (QED) is 0.843. The van der Waals surface area contributed by atoms with Crippen molar-refractivity contribution in [1.29, 1.82) is 0 Å². The van der Waals surface area contributed by atoms with E-state index in [1.807, 2.05) is 12.4 Å². The topological polar surface area (TPSA) is 38.9 Å². The van der Waals surface area contributed by atoms with E-state index in [0.717, 1.165) is 0 Å². The van der Waals surface area contributed by atoms with Gasteiger partial charge in [-0.2, -0.15) is 0 Å². The molecule has 1 aliphatic rings. The Morgan fingerprint density at radius 2 is 1.82 bits per heavy atom. The molecule has 1 fully saturated rings. The zero-order valence-electron chi connectivity index (χ0n) is 10.9. The predicted molar refractivity (Wildman–Crippen MR) is 71.7 cm³/mol. The summed E-state index contributed by atoms with van der Waals surface area (Å²) in [6.45, 7) is 2.14. The van der Waals surface area contributed by atoms with Gasteiger partial charge in [0, 0.05) is 18.4 Å². The van der Waals surface area contributed by atoms with Crippen molar-refractivity contribution in [1.82, 2.24) is 4.98 Å². The maximum atomic E-state index is 6.45. The maximum absolute atomic E-state index is 6.45. The molecule has 1 aromatic heterocycles. The molecule has 1 atom stereocenters. The number of hydrogen-bond acceptors (Lipinski definition) is 2. The molecular formula is C15H24N2. The number of nitrogens with two attached hydrogens (primary N) is 1. The van der Waals surface area contributed by atoms with Gasteiger partial charge in [0.05, 0.1) is 0 Å². The van der Waals surface area contributed by atoms with E-state index in [1.165, 1.54) is 56.1 Å². The first-order valence-electron chi connectivity index (χ1n) is 6.95. The Hall–Kier alpha value is -0.890. The first kappa shape index (κ1) is 12.6. The molecule has 0 aromatic carbocycles. The number of pyridine rings is 1. The third-order valence-electron chi connectivity index (χ3n) is 4.10. The van der Waals surface area contributed by atoms with Crippen LogP contribution in [0.25, 0.3) is 0 Å². The molecule has 0 aliphatic heterocycles. The first-order chi connectivity index (χ1) is 8.29. The lowest BCUT2D eigenvalue weighted by atomic mass is 9.83. The third kappa shape index (κ3) is 3.29. The van der Waals surface area contributed by atoms with E-state index in [4.69, 9.17) is 5.73 Å². The molecule has 0 radical (unpaired) electrons. The molecule has 0 bridgehead atoms. The third-order valence-corrected chi connectivity index (χ3v) is 4.10. The molecule has 17 heavy (non-hydrogen) atoms. The van der Waals surface area contributed by atoms with Gasteiger partial charge in [-0.05, 0) is 42.9 Å². The van der Waals surface area contributed by atoms with Crippen LogP contribution in [0.2, 0.25) is 0 Å². The van der Waals surface area contributed by atoms with E-state index in [2.05, 4.69) is 18.0 Å². The minimum atomic E-state index is 0.182. The van der Waals surface area contributed by atoms with Crippen LogP contribution >= 0.6 is 0 Å². The molecule has 94 valence electrons. The summed E-state index contributed by atoms with van der Waals surface area (Å²) in [6, 6.07) is 2.25. The molecule has 1 saturated carbocycles. The van der Waals surface area contributed by atoms with Gasteiger partial charge in [0.2, 0.25) is 0 Å². The molecule has 1 unspecified atom stereocenters. The Labute approximate surface area is 105 Å². The Morgan fingerprint density at radius 1 is 1.18 bits per heavy atom. The van der Waals surface area contributed by atoms with Crippen molar-refractivity contribution < 1.29 is 0 Å². The van der Waals surface area contributed by atoms with Gasteiger partial charge in [0.25, 0.3) is 0 Å². The molecule has 0 spiro atoms. The normalized spacial score (nSPS) is 20.6. The van der Waals surface area contributed by atoms with Gasteiger partial charge >= 0.3 is 0 Å². The Kier molecular flexibility index (Phi) is 4.55. The van der Waals surface area contributed by atoms with Crippen LogP contribution in [0, 0.1) is 12.8 Å². The average Bonchev–Trinajstić information content (AvgIpc) is 2.28. The fourth-order valence-electron chi connectivity index (χ4n) is 2.93. The smallest absolute Gasteiger partial charge is 0.0341 e. The van der Waals surface area contributed by atoms with Gasteiger partial charge in [0.15, 0.2) is 0 Å². The molecule has 1 aromatic rings. The maximum Gasteiger partial charge on any atom is 0.0341 e. The molecule has 1 heterocycles. The number of nitrogens with zero attached hydrogens (tertiary/aromatic N) is 1. The summed E-state index contributed by atoms with van der Waals surface area (Å²) in [5.41, 5.74) is 8.99. The Bertz CT molecular complexity index is 341. The van der Waals surface area contributed by atoms with Gasteiger partial charge < -0.3 is 5.73 Å². The minimum absolute atomic E-state index is 0.182. The lowest BCUT2D eigenvalue weighted by molar-refractivity contribution is 0.326. The number of rotatable bonds is 2. The molecule has 2 nitrogen and oxygen atoms in total. The summed E-state index contributed by atoms with van der Waals surface area (Å²) in [7, 11) is 0. The molecule has 2 heteroatoms. The molecular weight excluding hydrogens is 208 g/mol. The van der Waals surface area contributed by atoms with Crippen molar-refractivity contribution in [3.8, 4) is 0 Å². The predicted octanol–water partition coefficient (Wildman–Crippen LogP) is 3.75. The van der Waals surface area contributed by atoms with Gasteiger partial charge in [0.1, 0.15) is 0 Å². The highest BCUT2D eigenvalue weighted by atomic mass is 14.7. The number of aromatic nitrogens is 1. The summed E-state index contributed by atoms with van der Waals surface area (Å²) in [6.07, 6.45) is 13.3. The fraction of sp³-hybridized carbons (Fsp3) is 0.667. The highest BCUT2D eigenvalue weighted by molar-refractivity contribution is 5.25. The zero-order chi connectivity index (χ0) is 12.1. The van der Waals surface area contributed by atoms with Crippen LogP contribution in [0.5, 0.6) is 0 Å². The number of aryl methyl sites for hydroxylation is 1. The lowest BCUT2D eigenvalue weighted by Crippen LogP contribution is -2.23. The van der Waals surface area contributed by atoms with Crippen LogP contribution in [-0.4, -0.2) is 4.98 Å². The van der Waals surface area contributed by atoms with Gasteiger partial charge in [-0.25, -0.2) is 0 Å². The van der Waals surface area contributed by atoms with Crippen LogP contribution in [0.1, 0.15) is 62.1 Å². The lowest BCUT2D eigenvalue weighted by Gasteiger charge is -2.26. The second kappa shape index (κ2) is 6.15. The second-order valence-electron chi connectivity index (χ2n) is 5.36. The van der Waals surface area contributed by atoms with Crippen LogP contribution in [0.3, 0.4) is 0 Å². The van der Waals surface area contributed by atoms with Gasteiger partial charge in [-0.1, -0.05) is 32.1 Å². The van der Waals surface area contributed by atoms with Crippen LogP contribution in [0.15, 0.2) is 18.5 Å². The summed E-state index contributed by atoms with van der Waals surface area (Å²) < 4.78 is 0. The Morgan fingerprint density at radius 3 is 2.47 bits per heavy atom. The van der Waals surface area contributed by atoms with Crippen molar-refractivity contribution in [2.45, 2.75) is 57.9 Å². The van der Waals surface area contributed by atoms with Gasteiger partial charge in [-0.15, -0.1) is 0 Å². The van der Waals surface area contributed by atoms with Crippen molar-refractivity contribution in [3.63, 3.8) is 0 Å². The zero-order valence-corrected chi connectivity index (χ0v) is 10.9. The van der Waals surface area contributed by atoms with Crippen LogP contribution in [-0.2, 0) is 0 Å². The minimum Gasteiger partial charge on any atom is -0.324 e. The van der Waals surface area contributed by atoms with Crippen molar-refractivity contribution >= 4 is 0 Å². The largest absolute Gasteiger partial charge is 0.324 e. The van der Waals surface area contributed by atoms with Crippen molar-refractivity contribution in [2.24, 2.45) is 11.7 Å². The van der Waals surface area contributed by atoms with Gasteiger partial charge in [-0.3, -0.25) is 4.98 Å². The second-order valence-corrected chi connectivity index (χ2v) is 5.36. The molecule has 0 saturated heterocycles. The van der Waals surface area contributed by atoms with Crippen molar-refractivity contribution in [2.75, 3.05) is 0 Å². The summed E-state index contributed by atoms with van der Waals surface area (Å²) >= 11 is 0. The Balaban J connectivity index is 2.07.